The van der Waals surface area contributed by atoms with Crippen LogP contribution in [0.1, 0.15) is 36.9 Å². The van der Waals surface area contributed by atoms with Crippen LogP contribution in [0.2, 0.25) is 0 Å². The first kappa shape index (κ1) is 20.6. The molecule has 1 unspecified atom stereocenters. The maximum atomic E-state index is 13.1. The van der Waals surface area contributed by atoms with E-state index in [1.165, 1.54) is 0 Å². The number of aliphatic hydroxyl groups is 1. The number of carbonyl (C=O) groups is 2. The highest BCUT2D eigenvalue weighted by molar-refractivity contribution is 6.09. The van der Waals surface area contributed by atoms with Gasteiger partial charge in [-0.1, -0.05) is 49.4 Å². The average Bonchev–Trinajstić information content (AvgIpc) is 2.98. The Hall–Kier alpha value is -3.08. The van der Waals surface area contributed by atoms with Gasteiger partial charge < -0.3 is 14.9 Å². The van der Waals surface area contributed by atoms with E-state index in [4.69, 9.17) is 0 Å². The summed E-state index contributed by atoms with van der Waals surface area (Å²) in [7, 11) is 3.92. The number of Topliss-reactive ketones (excluding diaryl/α,β-unsaturated/α-hetero) is 1. The summed E-state index contributed by atoms with van der Waals surface area (Å²) in [5.41, 5.74) is 3.15. The normalized spacial score (nSPS) is 16.4. The fraction of sp³-hybridized carbons (Fsp3) is 0.333. The lowest BCUT2D eigenvalue weighted by atomic mass is 9.93. The van der Waals surface area contributed by atoms with E-state index in [1.54, 1.807) is 4.90 Å². The van der Waals surface area contributed by atoms with E-state index in [0.717, 1.165) is 23.2 Å². The van der Waals surface area contributed by atoms with Gasteiger partial charge in [-0.05, 0) is 36.1 Å². The molecule has 2 aromatic rings. The summed E-state index contributed by atoms with van der Waals surface area (Å²) in [4.78, 5) is 29.4. The van der Waals surface area contributed by atoms with E-state index in [0.29, 0.717) is 13.0 Å². The first-order valence-electron chi connectivity index (χ1n) is 10.0. The summed E-state index contributed by atoms with van der Waals surface area (Å²) in [5, 5.41) is 10.6. The first-order valence-corrected chi connectivity index (χ1v) is 10.0. The predicted molar refractivity (Wildman–Crippen MR) is 115 cm³/mol. The number of anilines is 1. The van der Waals surface area contributed by atoms with Crippen molar-refractivity contribution in [2.45, 2.75) is 32.2 Å². The molecule has 0 fully saturated rings. The first-order chi connectivity index (χ1) is 13.9. The van der Waals surface area contributed by atoms with Gasteiger partial charge in [0.25, 0.3) is 5.91 Å². The van der Waals surface area contributed by atoms with Crippen LogP contribution in [-0.2, 0) is 16.0 Å². The van der Waals surface area contributed by atoms with Crippen molar-refractivity contribution in [3.63, 3.8) is 0 Å². The molecular weight excluding hydrogens is 364 g/mol. The molecule has 1 atom stereocenters. The molecule has 152 valence electrons. The summed E-state index contributed by atoms with van der Waals surface area (Å²) >= 11 is 0. The fourth-order valence-electron chi connectivity index (χ4n) is 3.75. The van der Waals surface area contributed by atoms with E-state index < -0.39 is 17.7 Å². The van der Waals surface area contributed by atoms with Crippen LogP contribution in [0.3, 0.4) is 0 Å². The van der Waals surface area contributed by atoms with Crippen LogP contribution in [0.25, 0.3) is 0 Å². The zero-order chi connectivity index (χ0) is 21.0. The van der Waals surface area contributed by atoms with Crippen LogP contribution in [0.4, 0.5) is 5.69 Å². The molecule has 2 aromatic carbocycles. The molecule has 1 amide bonds. The Balaban J connectivity index is 1.90. The number of ketones is 1. The Morgan fingerprint density at radius 2 is 1.72 bits per heavy atom. The van der Waals surface area contributed by atoms with E-state index in [9.17, 15) is 14.7 Å². The Morgan fingerprint density at radius 1 is 1.07 bits per heavy atom. The SMILES string of the molecule is CCCN1C(=O)C(O)=C(C(=O)CCc2ccccc2)C1c1ccc(N(C)C)cc1. The second kappa shape index (κ2) is 8.95. The number of amides is 1. The molecule has 5 heteroatoms. The molecule has 0 radical (unpaired) electrons. The second-order valence-corrected chi connectivity index (χ2v) is 7.56. The Morgan fingerprint density at radius 3 is 2.31 bits per heavy atom. The molecule has 3 rings (SSSR count). The van der Waals surface area contributed by atoms with E-state index in [-0.39, 0.29) is 17.8 Å². The van der Waals surface area contributed by atoms with Crippen LogP contribution in [0.5, 0.6) is 0 Å². The number of nitrogens with zero attached hydrogens (tertiary/aromatic N) is 2. The second-order valence-electron chi connectivity index (χ2n) is 7.56. The molecule has 0 spiro atoms. The van der Waals surface area contributed by atoms with Crippen LogP contribution in [0.15, 0.2) is 65.9 Å². The van der Waals surface area contributed by atoms with Gasteiger partial charge in [-0.25, -0.2) is 0 Å². The molecular formula is C24H28N2O3. The third-order valence-electron chi connectivity index (χ3n) is 5.28. The number of aliphatic hydroxyl groups excluding tert-OH is 1. The molecule has 0 saturated heterocycles. The van der Waals surface area contributed by atoms with Gasteiger partial charge in [-0.2, -0.15) is 0 Å². The van der Waals surface area contributed by atoms with E-state index >= 15 is 0 Å². The highest BCUT2D eigenvalue weighted by Gasteiger charge is 2.42. The van der Waals surface area contributed by atoms with Gasteiger partial charge in [0.05, 0.1) is 11.6 Å². The van der Waals surface area contributed by atoms with Crippen molar-refractivity contribution in [2.24, 2.45) is 0 Å². The van der Waals surface area contributed by atoms with Crippen molar-refractivity contribution in [3.8, 4) is 0 Å². The van der Waals surface area contributed by atoms with Crippen LogP contribution in [-0.4, -0.2) is 42.3 Å². The van der Waals surface area contributed by atoms with Crippen molar-refractivity contribution in [1.29, 1.82) is 0 Å². The number of hydrogen-bond acceptors (Lipinski definition) is 4. The predicted octanol–water partition coefficient (Wildman–Crippen LogP) is 4.06. The topological polar surface area (TPSA) is 60.9 Å². The minimum absolute atomic E-state index is 0.181. The van der Waals surface area contributed by atoms with Crippen molar-refractivity contribution < 1.29 is 14.7 Å². The summed E-state index contributed by atoms with van der Waals surface area (Å²) < 4.78 is 0. The summed E-state index contributed by atoms with van der Waals surface area (Å²) in [6.07, 6.45) is 1.57. The van der Waals surface area contributed by atoms with Gasteiger partial charge in [-0.15, -0.1) is 0 Å². The molecule has 5 nitrogen and oxygen atoms in total. The quantitative estimate of drug-likeness (QED) is 0.736. The third-order valence-corrected chi connectivity index (χ3v) is 5.28. The lowest BCUT2D eigenvalue weighted by molar-refractivity contribution is -0.129. The smallest absolute Gasteiger partial charge is 0.290 e. The van der Waals surface area contributed by atoms with Crippen LogP contribution >= 0.6 is 0 Å². The van der Waals surface area contributed by atoms with Gasteiger partial charge in [0.1, 0.15) is 0 Å². The Bertz CT molecular complexity index is 901. The zero-order valence-corrected chi connectivity index (χ0v) is 17.3. The lowest BCUT2D eigenvalue weighted by Gasteiger charge is -2.27. The molecule has 1 heterocycles. The Kier molecular flexibility index (Phi) is 6.37. The monoisotopic (exact) mass is 392 g/mol. The fourth-order valence-corrected chi connectivity index (χ4v) is 3.75. The largest absolute Gasteiger partial charge is 0.503 e. The molecule has 29 heavy (non-hydrogen) atoms. The van der Waals surface area contributed by atoms with Crippen LogP contribution in [0, 0.1) is 0 Å². The van der Waals surface area contributed by atoms with E-state index in [1.807, 2.05) is 80.5 Å². The average molecular weight is 392 g/mol. The highest BCUT2D eigenvalue weighted by atomic mass is 16.3. The van der Waals surface area contributed by atoms with Crippen LogP contribution < -0.4 is 4.90 Å². The standard InChI is InChI=1S/C24H28N2O3/c1-4-16-26-22(18-11-13-19(14-12-18)25(2)3)21(23(28)24(26)29)20(27)15-10-17-8-6-5-7-9-17/h5-9,11-14,22,28H,4,10,15-16H2,1-3H3. The summed E-state index contributed by atoms with van der Waals surface area (Å²) in [6.45, 7) is 2.46. The van der Waals surface area contributed by atoms with Crippen molar-refractivity contribution in [1.82, 2.24) is 4.90 Å². The summed E-state index contributed by atoms with van der Waals surface area (Å²) in [6, 6.07) is 17.0. The molecule has 1 aliphatic rings. The van der Waals surface area contributed by atoms with Gasteiger partial charge in [-0.3, -0.25) is 9.59 Å². The van der Waals surface area contributed by atoms with Gasteiger partial charge in [0, 0.05) is 32.7 Å². The molecule has 0 bridgehead atoms. The molecule has 1 aliphatic heterocycles. The maximum absolute atomic E-state index is 13.1. The summed E-state index contributed by atoms with van der Waals surface area (Å²) in [5.74, 6) is -1.05. The number of carbonyl (C=O) groups excluding carboxylic acids is 2. The zero-order valence-electron chi connectivity index (χ0n) is 17.3. The third kappa shape index (κ3) is 4.34. The molecule has 0 saturated carbocycles. The maximum Gasteiger partial charge on any atom is 0.290 e. The number of rotatable bonds is 8. The minimum atomic E-state index is -0.540. The number of benzene rings is 2. The number of hydrogen-bond donors (Lipinski definition) is 1. The van der Waals surface area contributed by atoms with Crippen molar-refractivity contribution >= 4 is 17.4 Å². The van der Waals surface area contributed by atoms with Gasteiger partial charge in [0.15, 0.2) is 11.5 Å². The lowest BCUT2D eigenvalue weighted by Crippen LogP contribution is -2.31. The number of aryl methyl sites for hydroxylation is 1. The van der Waals surface area contributed by atoms with Gasteiger partial charge >= 0.3 is 0 Å². The van der Waals surface area contributed by atoms with E-state index in [2.05, 4.69) is 0 Å². The Labute approximate surface area is 172 Å². The minimum Gasteiger partial charge on any atom is -0.503 e. The van der Waals surface area contributed by atoms with Crippen molar-refractivity contribution in [2.75, 3.05) is 25.5 Å². The molecule has 0 aromatic heterocycles. The molecule has 1 N–H and O–H groups in total. The van der Waals surface area contributed by atoms with Gasteiger partial charge in [0.2, 0.25) is 0 Å². The highest BCUT2D eigenvalue weighted by Crippen LogP contribution is 2.38. The molecule has 0 aliphatic carbocycles. The van der Waals surface area contributed by atoms with Crippen molar-refractivity contribution in [3.05, 3.63) is 77.1 Å².